The van der Waals surface area contributed by atoms with E-state index < -0.39 is 0 Å². The topological polar surface area (TPSA) is 57.2 Å². The second-order valence-electron chi connectivity index (χ2n) is 5.42. The van der Waals surface area contributed by atoms with Gasteiger partial charge in [0.2, 0.25) is 0 Å². The lowest BCUT2D eigenvalue weighted by molar-refractivity contribution is 0.0950. The van der Waals surface area contributed by atoms with Crippen LogP contribution in [0, 0.1) is 13.8 Å². The quantitative estimate of drug-likeness (QED) is 0.550. The van der Waals surface area contributed by atoms with Gasteiger partial charge >= 0.3 is 0 Å². The zero-order valence-electron chi connectivity index (χ0n) is 12.9. The highest BCUT2D eigenvalue weighted by atomic mass is 35.5. The Morgan fingerprint density at radius 2 is 1.91 bits per heavy atom. The summed E-state index contributed by atoms with van der Waals surface area (Å²) in [5.74, 6) is -0.279. The van der Waals surface area contributed by atoms with Gasteiger partial charge in [0.1, 0.15) is 5.69 Å². The molecule has 5 heteroatoms. The van der Waals surface area contributed by atoms with Crippen LogP contribution in [0.5, 0.6) is 0 Å². The minimum atomic E-state index is -0.279. The van der Waals surface area contributed by atoms with E-state index in [1.807, 2.05) is 50.2 Å². The molecule has 0 unspecified atom stereocenters. The third kappa shape index (κ3) is 3.27. The number of carbonyl (C=O) groups excluding carboxylic acids is 1. The van der Waals surface area contributed by atoms with Crippen LogP contribution in [-0.2, 0) is 0 Å². The first-order chi connectivity index (χ1) is 11.0. The average molecular weight is 326 g/mol. The van der Waals surface area contributed by atoms with E-state index in [-0.39, 0.29) is 5.91 Å². The van der Waals surface area contributed by atoms with E-state index in [2.05, 4.69) is 15.5 Å². The summed E-state index contributed by atoms with van der Waals surface area (Å²) in [7, 11) is 0. The molecule has 1 aromatic heterocycles. The number of hydrogen-bond donors (Lipinski definition) is 2. The summed E-state index contributed by atoms with van der Waals surface area (Å²) in [5.41, 5.74) is 6.87. The van der Waals surface area contributed by atoms with Gasteiger partial charge in [0.05, 0.1) is 6.21 Å². The molecule has 0 atom stereocenters. The number of nitrogens with zero attached hydrogens (tertiary/aromatic N) is 1. The Balaban J connectivity index is 1.78. The van der Waals surface area contributed by atoms with Gasteiger partial charge in [-0.2, -0.15) is 5.10 Å². The molecule has 116 valence electrons. The monoisotopic (exact) mass is 325 g/mol. The van der Waals surface area contributed by atoms with Gasteiger partial charge in [-0.15, -0.1) is 0 Å². The molecule has 0 bridgehead atoms. The van der Waals surface area contributed by atoms with Crippen molar-refractivity contribution in [2.24, 2.45) is 5.10 Å². The van der Waals surface area contributed by atoms with Gasteiger partial charge < -0.3 is 4.98 Å². The number of aryl methyl sites for hydroxylation is 2. The normalized spacial score (nSPS) is 11.3. The number of nitrogens with one attached hydrogen (secondary N) is 2. The highest BCUT2D eigenvalue weighted by Gasteiger charge is 2.14. The predicted molar refractivity (Wildman–Crippen MR) is 94.3 cm³/mol. The van der Waals surface area contributed by atoms with Crippen molar-refractivity contribution in [1.29, 1.82) is 0 Å². The number of aromatic amines is 1. The van der Waals surface area contributed by atoms with Gasteiger partial charge in [-0.25, -0.2) is 5.43 Å². The van der Waals surface area contributed by atoms with E-state index in [1.54, 1.807) is 12.3 Å². The van der Waals surface area contributed by atoms with Crippen molar-refractivity contribution < 1.29 is 4.79 Å². The lowest BCUT2D eigenvalue weighted by Crippen LogP contribution is -2.18. The molecule has 3 rings (SSSR count). The third-order valence-electron chi connectivity index (χ3n) is 3.70. The maximum absolute atomic E-state index is 12.3. The first-order valence-corrected chi connectivity index (χ1v) is 7.60. The van der Waals surface area contributed by atoms with Crippen molar-refractivity contribution in [3.8, 4) is 0 Å². The third-order valence-corrected chi connectivity index (χ3v) is 3.94. The van der Waals surface area contributed by atoms with Crippen molar-refractivity contribution in [2.45, 2.75) is 13.8 Å². The number of carbonyl (C=O) groups is 1. The molecule has 0 saturated heterocycles. The van der Waals surface area contributed by atoms with Crippen molar-refractivity contribution in [2.75, 3.05) is 0 Å². The van der Waals surface area contributed by atoms with Crippen LogP contribution in [0.15, 0.2) is 47.6 Å². The molecule has 2 N–H and O–H groups in total. The number of hydrazone groups is 1. The molecule has 0 radical (unpaired) electrons. The van der Waals surface area contributed by atoms with Gasteiger partial charge in [-0.3, -0.25) is 4.79 Å². The van der Waals surface area contributed by atoms with E-state index in [0.29, 0.717) is 10.7 Å². The van der Waals surface area contributed by atoms with Crippen LogP contribution in [0.1, 0.15) is 27.2 Å². The maximum Gasteiger partial charge on any atom is 0.288 e. The lowest BCUT2D eigenvalue weighted by atomic mass is 10.1. The molecule has 1 amide bonds. The van der Waals surface area contributed by atoms with Gasteiger partial charge in [0, 0.05) is 15.9 Å². The van der Waals surface area contributed by atoms with Gasteiger partial charge in [-0.1, -0.05) is 41.4 Å². The predicted octanol–water partition coefficient (Wildman–Crippen LogP) is 4.20. The molecule has 0 aliphatic heterocycles. The molecule has 0 aliphatic carbocycles. The highest BCUT2D eigenvalue weighted by Crippen LogP contribution is 2.24. The number of H-pyrrole nitrogens is 1. The molecule has 2 aromatic carbocycles. The van der Waals surface area contributed by atoms with E-state index in [4.69, 9.17) is 11.6 Å². The molecule has 0 fully saturated rings. The SMILES string of the molecule is Cc1ccc(/C=N/NC(=O)c2[nH]c3ccc(Cl)cc3c2C)cc1. The molecule has 0 saturated carbocycles. The number of halogens is 1. The van der Waals surface area contributed by atoms with Crippen LogP contribution < -0.4 is 5.43 Å². The van der Waals surface area contributed by atoms with E-state index in [9.17, 15) is 4.79 Å². The number of rotatable bonds is 3. The largest absolute Gasteiger partial charge is 0.350 e. The number of hydrogen-bond acceptors (Lipinski definition) is 2. The van der Waals surface area contributed by atoms with Crippen LogP contribution in [0.25, 0.3) is 10.9 Å². The number of fused-ring (bicyclic) bond motifs is 1. The molecule has 3 aromatic rings. The summed E-state index contributed by atoms with van der Waals surface area (Å²) >= 11 is 6.00. The van der Waals surface area contributed by atoms with Gasteiger partial charge in [-0.05, 0) is 43.2 Å². The smallest absolute Gasteiger partial charge is 0.288 e. The fourth-order valence-electron chi connectivity index (χ4n) is 2.40. The summed E-state index contributed by atoms with van der Waals surface area (Å²) in [6, 6.07) is 13.4. The fourth-order valence-corrected chi connectivity index (χ4v) is 2.57. The number of benzene rings is 2. The van der Waals surface area contributed by atoms with E-state index in [1.165, 1.54) is 5.56 Å². The second-order valence-corrected chi connectivity index (χ2v) is 5.86. The van der Waals surface area contributed by atoms with Crippen LogP contribution in [0.4, 0.5) is 0 Å². The summed E-state index contributed by atoms with van der Waals surface area (Å²) in [6.45, 7) is 3.90. The Labute approximate surface area is 139 Å². The Morgan fingerprint density at radius 1 is 1.17 bits per heavy atom. The minimum absolute atomic E-state index is 0.279. The molecular weight excluding hydrogens is 310 g/mol. The maximum atomic E-state index is 12.3. The summed E-state index contributed by atoms with van der Waals surface area (Å²) < 4.78 is 0. The average Bonchev–Trinajstić information content (AvgIpc) is 2.86. The fraction of sp³-hybridized carbons (Fsp3) is 0.111. The first-order valence-electron chi connectivity index (χ1n) is 7.22. The molecular formula is C18H16ClN3O. The Bertz CT molecular complexity index is 895. The zero-order chi connectivity index (χ0) is 16.4. The Hall–Kier alpha value is -2.59. The van der Waals surface area contributed by atoms with Crippen molar-refractivity contribution in [3.05, 3.63) is 69.9 Å². The molecule has 0 spiro atoms. The summed E-state index contributed by atoms with van der Waals surface area (Å²) in [6.07, 6.45) is 1.62. The standard InChI is InChI=1S/C18H16ClN3O/c1-11-3-5-13(6-4-11)10-20-22-18(23)17-12(2)15-9-14(19)7-8-16(15)21-17/h3-10,21H,1-2H3,(H,22,23)/b20-10+. The molecule has 0 aliphatic rings. The van der Waals surface area contributed by atoms with Crippen LogP contribution >= 0.6 is 11.6 Å². The van der Waals surface area contributed by atoms with Gasteiger partial charge in [0.25, 0.3) is 5.91 Å². The van der Waals surface area contributed by atoms with E-state index >= 15 is 0 Å². The minimum Gasteiger partial charge on any atom is -0.350 e. The van der Waals surface area contributed by atoms with Crippen LogP contribution in [-0.4, -0.2) is 17.1 Å². The molecule has 1 heterocycles. The lowest BCUT2D eigenvalue weighted by Gasteiger charge is -1.99. The number of aromatic nitrogens is 1. The number of amides is 1. The molecule has 4 nitrogen and oxygen atoms in total. The zero-order valence-corrected chi connectivity index (χ0v) is 13.6. The Morgan fingerprint density at radius 3 is 2.65 bits per heavy atom. The Kier molecular flexibility index (Phi) is 4.17. The van der Waals surface area contributed by atoms with Crippen molar-refractivity contribution >= 4 is 34.6 Å². The van der Waals surface area contributed by atoms with Crippen molar-refractivity contribution in [3.63, 3.8) is 0 Å². The van der Waals surface area contributed by atoms with E-state index in [0.717, 1.165) is 22.0 Å². The highest BCUT2D eigenvalue weighted by molar-refractivity contribution is 6.31. The second kappa shape index (κ2) is 6.26. The van der Waals surface area contributed by atoms with Gasteiger partial charge in [0.15, 0.2) is 0 Å². The van der Waals surface area contributed by atoms with Crippen LogP contribution in [0.3, 0.4) is 0 Å². The summed E-state index contributed by atoms with van der Waals surface area (Å²) in [5, 5.41) is 5.58. The summed E-state index contributed by atoms with van der Waals surface area (Å²) in [4.78, 5) is 15.4. The van der Waals surface area contributed by atoms with Crippen LogP contribution in [0.2, 0.25) is 5.02 Å². The first kappa shape index (κ1) is 15.3. The molecule has 23 heavy (non-hydrogen) atoms. The van der Waals surface area contributed by atoms with Crippen molar-refractivity contribution in [1.82, 2.24) is 10.4 Å².